The van der Waals surface area contributed by atoms with Crippen molar-refractivity contribution < 1.29 is 4.79 Å². The first kappa shape index (κ1) is 11.9. The summed E-state index contributed by atoms with van der Waals surface area (Å²) in [5.41, 5.74) is 0.749. The molecule has 1 saturated carbocycles. The minimum Gasteiger partial charge on any atom is -0.356 e. The predicted molar refractivity (Wildman–Crippen MR) is 66.1 cm³/mol. The molecule has 2 heteroatoms. The number of carbonyl (C=O) groups excluding carboxylic acids is 1. The van der Waals surface area contributed by atoms with Crippen molar-refractivity contribution in [2.24, 2.45) is 16.7 Å². The van der Waals surface area contributed by atoms with Crippen molar-refractivity contribution in [3.63, 3.8) is 0 Å². The zero-order valence-electron chi connectivity index (χ0n) is 10.9. The largest absolute Gasteiger partial charge is 0.356 e. The van der Waals surface area contributed by atoms with E-state index in [0.717, 1.165) is 18.9 Å². The highest BCUT2D eigenvalue weighted by atomic mass is 16.1. The lowest BCUT2D eigenvalue weighted by Crippen LogP contribution is -2.24. The van der Waals surface area contributed by atoms with Crippen LogP contribution in [-0.4, -0.2) is 12.5 Å². The Morgan fingerprint density at radius 3 is 2.56 bits per heavy atom. The Labute approximate surface area is 99.2 Å². The third-order valence-corrected chi connectivity index (χ3v) is 4.70. The maximum Gasteiger partial charge on any atom is 0.220 e. The number of hydrogen-bond donors (Lipinski definition) is 1. The standard InChI is InChI=1S/C14H25NO/c1-13(2,3)11-5-4-7-14(8-6-11)9-12(16)15-10-14/h11H,4-10H2,1-3H3,(H,15,16). The molecule has 0 radical (unpaired) electrons. The fourth-order valence-electron chi connectivity index (χ4n) is 3.44. The third kappa shape index (κ3) is 2.41. The van der Waals surface area contributed by atoms with Crippen molar-refractivity contribution in [3.8, 4) is 0 Å². The normalized spacial score (nSPS) is 36.2. The van der Waals surface area contributed by atoms with Crippen LogP contribution in [0.25, 0.3) is 0 Å². The van der Waals surface area contributed by atoms with Crippen LogP contribution in [0, 0.1) is 16.7 Å². The fourth-order valence-corrected chi connectivity index (χ4v) is 3.44. The molecule has 2 rings (SSSR count). The molecular weight excluding hydrogens is 198 g/mol. The number of hydrogen-bond acceptors (Lipinski definition) is 1. The summed E-state index contributed by atoms with van der Waals surface area (Å²) in [5.74, 6) is 1.11. The Morgan fingerprint density at radius 1 is 1.25 bits per heavy atom. The Morgan fingerprint density at radius 2 is 2.00 bits per heavy atom. The number of amides is 1. The van der Waals surface area contributed by atoms with Crippen molar-refractivity contribution in [1.82, 2.24) is 5.32 Å². The Hall–Kier alpha value is -0.530. The van der Waals surface area contributed by atoms with E-state index in [4.69, 9.17) is 0 Å². The highest BCUT2D eigenvalue weighted by molar-refractivity contribution is 5.79. The fraction of sp³-hybridized carbons (Fsp3) is 0.929. The third-order valence-electron chi connectivity index (χ3n) is 4.70. The first-order valence-corrected chi connectivity index (χ1v) is 6.68. The molecule has 92 valence electrons. The smallest absolute Gasteiger partial charge is 0.220 e. The van der Waals surface area contributed by atoms with Gasteiger partial charge < -0.3 is 5.32 Å². The zero-order chi connectivity index (χ0) is 11.8. The Bertz CT molecular complexity index is 279. The van der Waals surface area contributed by atoms with Crippen molar-refractivity contribution in [3.05, 3.63) is 0 Å². The molecule has 1 N–H and O–H groups in total. The molecule has 2 fully saturated rings. The number of nitrogens with one attached hydrogen (secondary N) is 1. The van der Waals surface area contributed by atoms with Crippen LogP contribution in [0.1, 0.15) is 59.3 Å². The molecule has 2 aliphatic rings. The van der Waals surface area contributed by atoms with E-state index >= 15 is 0 Å². The van der Waals surface area contributed by atoms with E-state index in [1.165, 1.54) is 32.1 Å². The van der Waals surface area contributed by atoms with E-state index in [-0.39, 0.29) is 5.91 Å². The maximum absolute atomic E-state index is 11.4. The molecule has 0 aromatic heterocycles. The van der Waals surface area contributed by atoms with Gasteiger partial charge in [-0.3, -0.25) is 4.79 Å². The van der Waals surface area contributed by atoms with Gasteiger partial charge in [0.1, 0.15) is 0 Å². The summed E-state index contributed by atoms with van der Waals surface area (Å²) < 4.78 is 0. The van der Waals surface area contributed by atoms with E-state index in [1.54, 1.807) is 0 Å². The van der Waals surface area contributed by atoms with Gasteiger partial charge in [-0.05, 0) is 42.4 Å². The lowest BCUT2D eigenvalue weighted by Gasteiger charge is -2.30. The van der Waals surface area contributed by atoms with Crippen LogP contribution < -0.4 is 5.32 Å². The van der Waals surface area contributed by atoms with Crippen LogP contribution in [0.5, 0.6) is 0 Å². The molecule has 1 aliphatic carbocycles. The molecule has 2 atom stereocenters. The van der Waals surface area contributed by atoms with Crippen LogP contribution in [0.15, 0.2) is 0 Å². The zero-order valence-corrected chi connectivity index (χ0v) is 10.9. The summed E-state index contributed by atoms with van der Waals surface area (Å²) >= 11 is 0. The van der Waals surface area contributed by atoms with Gasteiger partial charge in [0.05, 0.1) is 0 Å². The van der Waals surface area contributed by atoms with E-state index < -0.39 is 0 Å². The summed E-state index contributed by atoms with van der Waals surface area (Å²) in [5, 5.41) is 3.02. The van der Waals surface area contributed by atoms with E-state index in [2.05, 4.69) is 26.1 Å². The SMILES string of the molecule is CC(C)(C)C1CCCC2(CC1)CNC(=O)C2. The first-order chi connectivity index (χ1) is 7.41. The second-order valence-electron chi connectivity index (χ2n) is 6.95. The van der Waals surface area contributed by atoms with E-state index in [1.807, 2.05) is 0 Å². The second-order valence-corrected chi connectivity index (χ2v) is 6.95. The monoisotopic (exact) mass is 223 g/mol. The van der Waals surface area contributed by atoms with Gasteiger partial charge in [0.25, 0.3) is 0 Å². The predicted octanol–water partition coefficient (Wildman–Crippen LogP) is 3.12. The van der Waals surface area contributed by atoms with Crippen molar-refractivity contribution in [2.75, 3.05) is 6.54 Å². The summed E-state index contributed by atoms with van der Waals surface area (Å²) in [6.45, 7) is 8.00. The van der Waals surface area contributed by atoms with E-state index in [9.17, 15) is 4.79 Å². The molecule has 16 heavy (non-hydrogen) atoms. The minimum absolute atomic E-state index is 0.272. The van der Waals surface area contributed by atoms with Gasteiger partial charge in [-0.25, -0.2) is 0 Å². The van der Waals surface area contributed by atoms with Crippen LogP contribution in [0.4, 0.5) is 0 Å². The first-order valence-electron chi connectivity index (χ1n) is 6.68. The Kier molecular flexibility index (Phi) is 3.02. The van der Waals surface area contributed by atoms with Crippen LogP contribution in [0.3, 0.4) is 0 Å². The highest BCUT2D eigenvalue weighted by Crippen LogP contribution is 2.45. The molecule has 1 saturated heterocycles. The van der Waals surface area contributed by atoms with Crippen molar-refractivity contribution >= 4 is 5.91 Å². The average Bonchev–Trinajstić information content (AvgIpc) is 2.42. The molecule has 2 unspecified atom stereocenters. The molecule has 2 nitrogen and oxygen atoms in total. The van der Waals surface area contributed by atoms with Gasteiger partial charge in [0, 0.05) is 13.0 Å². The van der Waals surface area contributed by atoms with Gasteiger partial charge in [-0.1, -0.05) is 27.2 Å². The van der Waals surface area contributed by atoms with Gasteiger partial charge in [-0.15, -0.1) is 0 Å². The lowest BCUT2D eigenvalue weighted by molar-refractivity contribution is -0.119. The molecule has 0 aromatic carbocycles. The lowest BCUT2D eigenvalue weighted by atomic mass is 9.75. The van der Waals surface area contributed by atoms with E-state index in [0.29, 0.717) is 10.8 Å². The molecule has 1 aliphatic heterocycles. The molecule has 1 heterocycles. The second kappa shape index (κ2) is 4.05. The van der Waals surface area contributed by atoms with Crippen molar-refractivity contribution in [1.29, 1.82) is 0 Å². The summed E-state index contributed by atoms with van der Waals surface area (Å²) in [6, 6.07) is 0. The topological polar surface area (TPSA) is 29.1 Å². The van der Waals surface area contributed by atoms with Crippen molar-refractivity contribution in [2.45, 2.75) is 59.3 Å². The summed E-state index contributed by atoms with van der Waals surface area (Å²) in [7, 11) is 0. The Balaban J connectivity index is 2.01. The van der Waals surface area contributed by atoms with Gasteiger partial charge in [0.2, 0.25) is 5.91 Å². The molecular formula is C14H25NO. The van der Waals surface area contributed by atoms with Gasteiger partial charge >= 0.3 is 0 Å². The summed E-state index contributed by atoms with van der Waals surface area (Å²) in [6.07, 6.45) is 7.23. The van der Waals surface area contributed by atoms with Crippen LogP contribution >= 0.6 is 0 Å². The highest BCUT2D eigenvalue weighted by Gasteiger charge is 2.41. The van der Waals surface area contributed by atoms with Crippen LogP contribution in [0.2, 0.25) is 0 Å². The minimum atomic E-state index is 0.272. The number of carbonyl (C=O) groups is 1. The van der Waals surface area contributed by atoms with Gasteiger partial charge in [0.15, 0.2) is 0 Å². The average molecular weight is 223 g/mol. The molecule has 0 aromatic rings. The number of rotatable bonds is 0. The van der Waals surface area contributed by atoms with Gasteiger partial charge in [-0.2, -0.15) is 0 Å². The molecule has 1 amide bonds. The quantitative estimate of drug-likeness (QED) is 0.671. The molecule has 0 bridgehead atoms. The molecule has 1 spiro atoms. The summed E-state index contributed by atoms with van der Waals surface area (Å²) in [4.78, 5) is 11.4. The van der Waals surface area contributed by atoms with Crippen LogP contribution in [-0.2, 0) is 4.79 Å². The maximum atomic E-state index is 11.4.